The maximum atomic E-state index is 13.3. The third-order valence-electron chi connectivity index (χ3n) is 6.71. The topological polar surface area (TPSA) is 98.3 Å². The van der Waals surface area contributed by atoms with Crippen LogP contribution in [-0.4, -0.2) is 37.3 Å². The van der Waals surface area contributed by atoms with E-state index in [-0.39, 0.29) is 19.6 Å². The zero-order valence-corrected chi connectivity index (χ0v) is 27.9. The molecule has 0 bridgehead atoms. The molecule has 4 rings (SSSR count). The van der Waals surface area contributed by atoms with Gasteiger partial charge in [-0.2, -0.15) is 5.10 Å². The Morgan fingerprint density at radius 2 is 1.64 bits per heavy atom. The van der Waals surface area contributed by atoms with Crippen LogP contribution in [0.4, 0.5) is 0 Å². The molecule has 244 valence electrons. The lowest BCUT2D eigenvalue weighted by molar-refractivity contribution is -0.130. The van der Waals surface area contributed by atoms with Gasteiger partial charge in [0, 0.05) is 32.6 Å². The lowest BCUT2D eigenvalue weighted by Gasteiger charge is -2.18. The van der Waals surface area contributed by atoms with Gasteiger partial charge in [0.15, 0.2) is 18.1 Å². The average molecular weight is 695 g/mol. The van der Waals surface area contributed by atoms with E-state index in [1.54, 1.807) is 48.5 Å². The molecule has 0 aromatic heterocycles. The number of carbonyl (C=O) groups excluding carboxylic acids is 2. The first-order valence-electron chi connectivity index (χ1n) is 14.8. The highest BCUT2D eigenvalue weighted by atomic mass is 35.5. The lowest BCUT2D eigenvalue weighted by Crippen LogP contribution is -2.48. The molecule has 11 heteroatoms. The van der Waals surface area contributed by atoms with Gasteiger partial charge in [-0.15, -0.1) is 6.58 Å². The summed E-state index contributed by atoms with van der Waals surface area (Å²) < 4.78 is 17.6. The number of hydrogen-bond acceptors (Lipinski definition) is 6. The second-order valence-electron chi connectivity index (χ2n) is 10.2. The summed E-state index contributed by atoms with van der Waals surface area (Å²) >= 11 is 18.3. The number of hydrazone groups is 1. The van der Waals surface area contributed by atoms with Gasteiger partial charge in [-0.1, -0.05) is 77.3 Å². The second kappa shape index (κ2) is 18.0. The van der Waals surface area contributed by atoms with Gasteiger partial charge < -0.3 is 19.5 Å². The molecule has 0 spiro atoms. The van der Waals surface area contributed by atoms with E-state index in [9.17, 15) is 9.59 Å². The number of carbonyl (C=O) groups is 2. The van der Waals surface area contributed by atoms with E-state index >= 15 is 0 Å². The molecule has 0 radical (unpaired) electrons. The Morgan fingerprint density at radius 3 is 2.34 bits per heavy atom. The molecular formula is C36H34Cl3N3O5. The molecule has 2 N–H and O–H groups in total. The Hall–Kier alpha value is -4.50. The summed E-state index contributed by atoms with van der Waals surface area (Å²) in [4.78, 5) is 26.0. The Bertz CT molecular complexity index is 1700. The third-order valence-corrected chi connectivity index (χ3v) is 7.55. The molecule has 4 aromatic rings. The zero-order valence-electron chi connectivity index (χ0n) is 25.7. The Labute approximate surface area is 289 Å². The van der Waals surface area contributed by atoms with Gasteiger partial charge in [0.25, 0.3) is 11.8 Å². The summed E-state index contributed by atoms with van der Waals surface area (Å²) in [6, 6.07) is 23.9. The molecule has 0 saturated heterocycles. The van der Waals surface area contributed by atoms with Gasteiger partial charge in [-0.3, -0.25) is 9.59 Å². The molecule has 4 aromatic carbocycles. The maximum Gasteiger partial charge on any atom is 0.262 e. The van der Waals surface area contributed by atoms with Crippen molar-refractivity contribution in [1.82, 2.24) is 10.7 Å². The fraction of sp³-hybridized carbons (Fsp3) is 0.194. The van der Waals surface area contributed by atoms with Gasteiger partial charge >= 0.3 is 0 Å². The van der Waals surface area contributed by atoms with Gasteiger partial charge in [0.05, 0.1) is 12.8 Å². The molecule has 1 atom stereocenters. The van der Waals surface area contributed by atoms with E-state index in [4.69, 9.17) is 49.0 Å². The third kappa shape index (κ3) is 11.1. The first-order valence-corrected chi connectivity index (χ1v) is 15.9. The highest BCUT2D eigenvalue weighted by molar-refractivity contribution is 6.35. The number of ether oxygens (including phenoxy) is 3. The molecule has 0 fully saturated rings. The summed E-state index contributed by atoms with van der Waals surface area (Å²) in [5, 5.41) is 8.52. The normalized spacial score (nSPS) is 11.5. The molecule has 2 amide bonds. The van der Waals surface area contributed by atoms with Crippen LogP contribution in [-0.2, 0) is 29.0 Å². The number of benzene rings is 4. The summed E-state index contributed by atoms with van der Waals surface area (Å²) in [6.07, 6.45) is 3.99. The van der Waals surface area contributed by atoms with Gasteiger partial charge in [-0.25, -0.2) is 5.43 Å². The van der Waals surface area contributed by atoms with Crippen LogP contribution in [0.1, 0.15) is 29.2 Å². The van der Waals surface area contributed by atoms with Crippen molar-refractivity contribution in [3.05, 3.63) is 135 Å². The Balaban J connectivity index is 1.47. The molecule has 0 unspecified atom stereocenters. The number of amides is 2. The minimum Gasteiger partial charge on any atom is -0.490 e. The number of hydrogen-bond donors (Lipinski definition) is 2. The van der Waals surface area contributed by atoms with E-state index in [0.29, 0.717) is 50.9 Å². The molecule has 0 aliphatic rings. The van der Waals surface area contributed by atoms with E-state index < -0.39 is 17.9 Å². The van der Waals surface area contributed by atoms with Crippen LogP contribution in [0.3, 0.4) is 0 Å². The molecule has 0 saturated carbocycles. The first kappa shape index (κ1) is 35.4. The van der Waals surface area contributed by atoms with Crippen LogP contribution < -0.4 is 25.0 Å². The van der Waals surface area contributed by atoms with Crippen molar-refractivity contribution in [2.45, 2.75) is 32.4 Å². The Kier molecular flexibility index (Phi) is 13.5. The minimum absolute atomic E-state index is 0.197. The van der Waals surface area contributed by atoms with Crippen LogP contribution in [0.15, 0.2) is 103 Å². The van der Waals surface area contributed by atoms with Crippen molar-refractivity contribution in [3.63, 3.8) is 0 Å². The molecule has 8 nitrogen and oxygen atoms in total. The van der Waals surface area contributed by atoms with Crippen molar-refractivity contribution >= 4 is 52.8 Å². The standard InChI is InChI=1S/C36H34Cl3N3O5/c1-3-8-26-17-25(19-33(45-4-2)35(26)47-22-27-11-12-29(38)20-31(27)39)21-40-42-36(44)32(18-24-9-6-5-7-10-24)41-34(43)23-46-30-15-13-28(37)14-16-30/h3,5-7,9-17,19-21,32H,1,4,8,18,22-23H2,2H3,(H,41,43)(H,42,44)/b40-21-/t32-/m1/s1. The number of halogens is 3. The maximum absolute atomic E-state index is 13.3. The lowest BCUT2D eigenvalue weighted by atomic mass is 10.1. The summed E-state index contributed by atoms with van der Waals surface area (Å²) in [6.45, 7) is 6.05. The van der Waals surface area contributed by atoms with Crippen molar-refractivity contribution in [3.8, 4) is 17.2 Å². The highest BCUT2D eigenvalue weighted by Gasteiger charge is 2.22. The minimum atomic E-state index is -0.915. The predicted molar refractivity (Wildman–Crippen MR) is 187 cm³/mol. The SMILES string of the molecule is C=CCc1cc(/C=N\NC(=O)[C@@H](Cc2ccccc2)NC(=O)COc2ccc(Cl)cc2)cc(OCC)c1OCc1ccc(Cl)cc1Cl. The number of allylic oxidation sites excluding steroid dienone is 1. The molecule has 0 heterocycles. The van der Waals surface area contributed by atoms with Crippen LogP contribution in [0.2, 0.25) is 15.1 Å². The van der Waals surface area contributed by atoms with E-state index in [2.05, 4.69) is 22.4 Å². The van der Waals surface area contributed by atoms with Gasteiger partial charge in [-0.05, 0) is 73.0 Å². The van der Waals surface area contributed by atoms with Crippen LogP contribution in [0.25, 0.3) is 0 Å². The molecular weight excluding hydrogens is 661 g/mol. The van der Waals surface area contributed by atoms with Crippen LogP contribution >= 0.6 is 34.8 Å². The largest absolute Gasteiger partial charge is 0.490 e. The van der Waals surface area contributed by atoms with Crippen LogP contribution in [0.5, 0.6) is 17.2 Å². The van der Waals surface area contributed by atoms with E-state index in [1.807, 2.05) is 49.4 Å². The molecule has 0 aliphatic carbocycles. The number of nitrogens with zero attached hydrogens (tertiary/aromatic N) is 1. The quantitative estimate of drug-likeness (QED) is 0.0715. The molecule has 47 heavy (non-hydrogen) atoms. The monoisotopic (exact) mass is 693 g/mol. The fourth-order valence-electron chi connectivity index (χ4n) is 4.50. The number of nitrogens with one attached hydrogen (secondary N) is 2. The van der Waals surface area contributed by atoms with Gasteiger partial charge in [0.1, 0.15) is 18.4 Å². The first-order chi connectivity index (χ1) is 22.7. The predicted octanol–water partition coefficient (Wildman–Crippen LogP) is 7.61. The highest BCUT2D eigenvalue weighted by Crippen LogP contribution is 2.35. The summed E-state index contributed by atoms with van der Waals surface area (Å²) in [5.41, 5.74) is 5.65. The van der Waals surface area contributed by atoms with E-state index in [0.717, 1.165) is 16.7 Å². The van der Waals surface area contributed by atoms with Crippen molar-refractivity contribution in [1.29, 1.82) is 0 Å². The summed E-state index contributed by atoms with van der Waals surface area (Å²) in [5.74, 6) is 0.558. The summed E-state index contributed by atoms with van der Waals surface area (Å²) in [7, 11) is 0. The van der Waals surface area contributed by atoms with Crippen molar-refractivity contribution in [2.75, 3.05) is 13.2 Å². The second-order valence-corrected chi connectivity index (χ2v) is 11.5. The molecule has 0 aliphatic heterocycles. The van der Waals surface area contributed by atoms with Crippen molar-refractivity contribution < 1.29 is 23.8 Å². The van der Waals surface area contributed by atoms with Crippen molar-refractivity contribution in [2.24, 2.45) is 5.10 Å². The number of rotatable bonds is 16. The van der Waals surface area contributed by atoms with E-state index in [1.165, 1.54) is 6.21 Å². The van der Waals surface area contributed by atoms with Gasteiger partial charge in [0.2, 0.25) is 0 Å². The fourth-order valence-corrected chi connectivity index (χ4v) is 5.09. The zero-order chi connectivity index (χ0) is 33.6. The average Bonchev–Trinajstić information content (AvgIpc) is 3.05. The van der Waals surface area contributed by atoms with Crippen LogP contribution in [0, 0.1) is 0 Å². The smallest absolute Gasteiger partial charge is 0.262 e. The Morgan fingerprint density at radius 1 is 0.894 bits per heavy atom.